The summed E-state index contributed by atoms with van der Waals surface area (Å²) in [6.45, 7) is -0.0246. The van der Waals surface area contributed by atoms with Crippen LogP contribution in [0.15, 0.2) is 42.5 Å². The zero-order valence-corrected chi connectivity index (χ0v) is 10.2. The van der Waals surface area contributed by atoms with E-state index in [-0.39, 0.29) is 12.2 Å². The normalized spacial score (nSPS) is 10.3. The number of rotatable bonds is 3. The smallest absolute Gasteiger partial charge is 0.335 e. The molecule has 0 aliphatic heterocycles. The molecule has 0 bridgehead atoms. The van der Waals surface area contributed by atoms with Gasteiger partial charge in [-0.3, -0.25) is 0 Å². The maximum absolute atomic E-state index is 10.9. The molecule has 0 atom stereocenters. The highest BCUT2D eigenvalue weighted by molar-refractivity contribution is 6.33. The lowest BCUT2D eigenvalue weighted by Gasteiger charge is -2.06. The minimum Gasteiger partial charge on any atom is -0.478 e. The molecule has 3 nitrogen and oxygen atoms in total. The molecule has 2 N–H and O–H groups in total. The van der Waals surface area contributed by atoms with Crippen molar-refractivity contribution in [1.29, 1.82) is 0 Å². The van der Waals surface area contributed by atoms with Crippen molar-refractivity contribution in [3.63, 3.8) is 0 Å². The number of aliphatic hydroxyl groups is 1. The molecular formula is C14H11ClO3. The zero-order valence-electron chi connectivity index (χ0n) is 9.43. The van der Waals surface area contributed by atoms with Gasteiger partial charge in [0.25, 0.3) is 0 Å². The highest BCUT2D eigenvalue weighted by Gasteiger charge is 2.08. The summed E-state index contributed by atoms with van der Waals surface area (Å²) in [5.41, 5.74) is 2.48. The molecule has 0 fully saturated rings. The first-order chi connectivity index (χ1) is 8.61. The molecule has 2 rings (SSSR count). The van der Waals surface area contributed by atoms with Crippen molar-refractivity contribution in [3.8, 4) is 11.1 Å². The molecule has 0 unspecified atom stereocenters. The number of aliphatic hydroxyl groups excluding tert-OH is 1. The van der Waals surface area contributed by atoms with Crippen LogP contribution < -0.4 is 0 Å². The Kier molecular flexibility index (Phi) is 3.65. The van der Waals surface area contributed by atoms with E-state index in [1.807, 2.05) is 0 Å². The number of carbonyl (C=O) groups is 1. The van der Waals surface area contributed by atoms with Crippen molar-refractivity contribution >= 4 is 17.6 Å². The molecular weight excluding hydrogens is 252 g/mol. The second-order valence-corrected chi connectivity index (χ2v) is 4.26. The van der Waals surface area contributed by atoms with Crippen LogP contribution in [0, 0.1) is 0 Å². The van der Waals surface area contributed by atoms with E-state index in [0.717, 1.165) is 11.1 Å². The minimum atomic E-state index is -0.986. The van der Waals surface area contributed by atoms with E-state index in [2.05, 4.69) is 0 Å². The minimum absolute atomic E-state index is 0.0246. The van der Waals surface area contributed by atoms with Crippen molar-refractivity contribution in [2.75, 3.05) is 0 Å². The molecule has 18 heavy (non-hydrogen) atoms. The third-order valence-corrected chi connectivity index (χ3v) is 2.99. The molecule has 0 radical (unpaired) electrons. The zero-order chi connectivity index (χ0) is 13.1. The van der Waals surface area contributed by atoms with Gasteiger partial charge >= 0.3 is 5.97 Å². The van der Waals surface area contributed by atoms with Gasteiger partial charge in [0.15, 0.2) is 0 Å². The Morgan fingerprint density at radius 2 is 1.78 bits per heavy atom. The molecule has 2 aromatic carbocycles. The van der Waals surface area contributed by atoms with E-state index < -0.39 is 5.97 Å². The van der Waals surface area contributed by atoms with Gasteiger partial charge in [-0.25, -0.2) is 4.79 Å². The first-order valence-electron chi connectivity index (χ1n) is 5.35. The summed E-state index contributed by atoms with van der Waals surface area (Å²) in [5, 5.41) is 18.4. The Balaban J connectivity index is 2.48. The molecule has 0 spiro atoms. The Hall–Kier alpha value is -1.84. The van der Waals surface area contributed by atoms with Crippen molar-refractivity contribution in [2.45, 2.75) is 6.61 Å². The van der Waals surface area contributed by atoms with Gasteiger partial charge < -0.3 is 10.2 Å². The van der Waals surface area contributed by atoms with E-state index in [1.54, 1.807) is 36.4 Å². The highest BCUT2D eigenvalue weighted by atomic mass is 35.5. The number of benzene rings is 2. The Bertz CT molecular complexity index is 576. The molecule has 4 heteroatoms. The van der Waals surface area contributed by atoms with E-state index in [1.165, 1.54) is 6.07 Å². The number of hydrogen-bond donors (Lipinski definition) is 2. The SMILES string of the molecule is O=C(O)c1ccc(Cl)c(-c2ccc(CO)cc2)c1. The van der Waals surface area contributed by atoms with E-state index in [4.69, 9.17) is 21.8 Å². The molecule has 0 aliphatic rings. The molecule has 0 saturated carbocycles. The van der Waals surface area contributed by atoms with Crippen LogP contribution >= 0.6 is 11.6 Å². The summed E-state index contributed by atoms with van der Waals surface area (Å²) < 4.78 is 0. The number of halogens is 1. The first kappa shape index (κ1) is 12.6. The van der Waals surface area contributed by atoms with E-state index in [9.17, 15) is 4.79 Å². The van der Waals surface area contributed by atoms with Gasteiger partial charge in [-0.05, 0) is 29.3 Å². The maximum Gasteiger partial charge on any atom is 0.335 e. The summed E-state index contributed by atoms with van der Waals surface area (Å²) >= 11 is 6.07. The van der Waals surface area contributed by atoms with Crippen LogP contribution in [0.3, 0.4) is 0 Å². The average Bonchev–Trinajstić information content (AvgIpc) is 2.39. The standard InChI is InChI=1S/C14H11ClO3/c15-13-6-5-11(14(17)18)7-12(13)10-3-1-9(8-16)2-4-10/h1-7,16H,8H2,(H,17,18). The summed E-state index contributed by atoms with van der Waals surface area (Å²) in [7, 11) is 0. The van der Waals surface area contributed by atoms with Gasteiger partial charge in [0, 0.05) is 10.6 Å². The molecule has 0 saturated heterocycles. The quantitative estimate of drug-likeness (QED) is 0.893. The predicted octanol–water partition coefficient (Wildman–Crippen LogP) is 3.20. The van der Waals surface area contributed by atoms with Crippen molar-refractivity contribution < 1.29 is 15.0 Å². The van der Waals surface area contributed by atoms with Crippen LogP contribution in [0.1, 0.15) is 15.9 Å². The van der Waals surface area contributed by atoms with Gasteiger partial charge in [-0.15, -0.1) is 0 Å². The van der Waals surface area contributed by atoms with E-state index >= 15 is 0 Å². The molecule has 0 aromatic heterocycles. The van der Waals surface area contributed by atoms with Crippen LogP contribution in [0.25, 0.3) is 11.1 Å². The van der Waals surface area contributed by atoms with Crippen LogP contribution in [0.4, 0.5) is 0 Å². The predicted molar refractivity (Wildman–Crippen MR) is 69.8 cm³/mol. The molecule has 0 amide bonds. The Morgan fingerprint density at radius 1 is 1.11 bits per heavy atom. The fourth-order valence-electron chi connectivity index (χ4n) is 1.67. The second kappa shape index (κ2) is 5.21. The van der Waals surface area contributed by atoms with Crippen LogP contribution in [-0.2, 0) is 6.61 Å². The van der Waals surface area contributed by atoms with Crippen molar-refractivity contribution in [1.82, 2.24) is 0 Å². The molecule has 2 aromatic rings. The highest BCUT2D eigenvalue weighted by Crippen LogP contribution is 2.29. The first-order valence-corrected chi connectivity index (χ1v) is 5.72. The fourth-order valence-corrected chi connectivity index (χ4v) is 1.90. The number of carboxylic acids is 1. The third-order valence-electron chi connectivity index (χ3n) is 2.66. The average molecular weight is 263 g/mol. The summed E-state index contributed by atoms with van der Waals surface area (Å²) in [6, 6.07) is 11.7. The van der Waals surface area contributed by atoms with E-state index in [0.29, 0.717) is 10.6 Å². The number of aromatic carboxylic acids is 1. The van der Waals surface area contributed by atoms with Gasteiger partial charge in [0.05, 0.1) is 12.2 Å². The lowest BCUT2D eigenvalue weighted by molar-refractivity contribution is 0.0697. The van der Waals surface area contributed by atoms with Gasteiger partial charge in [-0.2, -0.15) is 0 Å². The van der Waals surface area contributed by atoms with Gasteiger partial charge in [0.1, 0.15) is 0 Å². The topological polar surface area (TPSA) is 57.5 Å². The molecule has 92 valence electrons. The van der Waals surface area contributed by atoms with Crippen molar-refractivity contribution in [3.05, 3.63) is 58.6 Å². The second-order valence-electron chi connectivity index (χ2n) is 3.85. The summed E-state index contributed by atoms with van der Waals surface area (Å²) in [6.07, 6.45) is 0. The van der Waals surface area contributed by atoms with Crippen LogP contribution in [0.5, 0.6) is 0 Å². The van der Waals surface area contributed by atoms with Gasteiger partial charge in [0.2, 0.25) is 0 Å². The molecule has 0 heterocycles. The molecule has 0 aliphatic carbocycles. The van der Waals surface area contributed by atoms with Crippen LogP contribution in [0.2, 0.25) is 5.02 Å². The summed E-state index contributed by atoms with van der Waals surface area (Å²) in [5.74, 6) is -0.986. The lowest BCUT2D eigenvalue weighted by Crippen LogP contribution is -1.96. The summed E-state index contributed by atoms with van der Waals surface area (Å²) in [4.78, 5) is 10.9. The Morgan fingerprint density at radius 3 is 2.33 bits per heavy atom. The van der Waals surface area contributed by atoms with Crippen molar-refractivity contribution in [2.24, 2.45) is 0 Å². The van der Waals surface area contributed by atoms with Gasteiger partial charge in [-0.1, -0.05) is 35.9 Å². The number of carboxylic acid groups (broad SMARTS) is 1. The largest absolute Gasteiger partial charge is 0.478 e. The number of hydrogen-bond acceptors (Lipinski definition) is 2. The maximum atomic E-state index is 10.9. The lowest BCUT2D eigenvalue weighted by atomic mass is 10.0. The Labute approximate surface area is 109 Å². The fraction of sp³-hybridized carbons (Fsp3) is 0.0714. The van der Waals surface area contributed by atoms with Crippen LogP contribution in [-0.4, -0.2) is 16.2 Å². The monoisotopic (exact) mass is 262 g/mol. The third kappa shape index (κ3) is 2.53.